The SMILES string of the molecule is CC(CNc1ncccc1Cl)C(C)(C)C. The monoisotopic (exact) mass is 226 g/mol. The van der Waals surface area contributed by atoms with Crippen molar-refractivity contribution in [2.24, 2.45) is 11.3 Å². The van der Waals surface area contributed by atoms with Gasteiger partial charge in [0.15, 0.2) is 0 Å². The fourth-order valence-electron chi connectivity index (χ4n) is 1.07. The number of aromatic nitrogens is 1. The number of hydrogen-bond donors (Lipinski definition) is 1. The van der Waals surface area contributed by atoms with Crippen molar-refractivity contribution >= 4 is 17.4 Å². The first-order valence-electron chi connectivity index (χ1n) is 5.25. The van der Waals surface area contributed by atoms with Crippen LogP contribution in [0.15, 0.2) is 18.3 Å². The molecule has 1 aromatic rings. The van der Waals surface area contributed by atoms with E-state index in [1.54, 1.807) is 6.20 Å². The maximum atomic E-state index is 6.00. The van der Waals surface area contributed by atoms with E-state index in [1.807, 2.05) is 12.1 Å². The third-order valence-electron chi connectivity index (χ3n) is 2.81. The van der Waals surface area contributed by atoms with Gasteiger partial charge in [-0.15, -0.1) is 0 Å². The molecule has 2 nitrogen and oxygen atoms in total. The average Bonchev–Trinajstić information content (AvgIpc) is 2.14. The van der Waals surface area contributed by atoms with Crippen molar-refractivity contribution in [1.82, 2.24) is 4.98 Å². The Bertz CT molecular complexity index is 318. The Morgan fingerprint density at radius 3 is 2.67 bits per heavy atom. The molecule has 0 saturated heterocycles. The fourth-order valence-corrected chi connectivity index (χ4v) is 1.26. The van der Waals surface area contributed by atoms with Gasteiger partial charge in [0, 0.05) is 12.7 Å². The quantitative estimate of drug-likeness (QED) is 0.848. The van der Waals surface area contributed by atoms with Crippen molar-refractivity contribution in [3.8, 4) is 0 Å². The van der Waals surface area contributed by atoms with E-state index in [2.05, 4.69) is 38.0 Å². The molecule has 0 aromatic carbocycles. The molecule has 0 aliphatic carbocycles. The minimum absolute atomic E-state index is 0.300. The van der Waals surface area contributed by atoms with Crippen LogP contribution in [0.5, 0.6) is 0 Å². The minimum atomic E-state index is 0.300. The first kappa shape index (κ1) is 12.3. The number of nitrogens with one attached hydrogen (secondary N) is 1. The van der Waals surface area contributed by atoms with Gasteiger partial charge < -0.3 is 5.32 Å². The summed E-state index contributed by atoms with van der Waals surface area (Å²) >= 11 is 6.00. The van der Waals surface area contributed by atoms with Gasteiger partial charge in [0.05, 0.1) is 5.02 Å². The van der Waals surface area contributed by atoms with Crippen LogP contribution in [0.2, 0.25) is 5.02 Å². The van der Waals surface area contributed by atoms with Crippen LogP contribution >= 0.6 is 11.6 Å². The molecule has 0 aliphatic heterocycles. The minimum Gasteiger partial charge on any atom is -0.369 e. The second-order valence-electron chi connectivity index (χ2n) is 4.98. The van der Waals surface area contributed by atoms with E-state index < -0.39 is 0 Å². The van der Waals surface area contributed by atoms with Gasteiger partial charge in [-0.05, 0) is 23.5 Å². The molecule has 3 heteroatoms. The zero-order valence-electron chi connectivity index (χ0n) is 9.84. The van der Waals surface area contributed by atoms with Gasteiger partial charge >= 0.3 is 0 Å². The second-order valence-corrected chi connectivity index (χ2v) is 5.39. The summed E-state index contributed by atoms with van der Waals surface area (Å²) in [4.78, 5) is 4.19. The predicted octanol–water partition coefficient (Wildman–Crippen LogP) is 3.83. The topological polar surface area (TPSA) is 24.9 Å². The normalized spacial score (nSPS) is 13.7. The van der Waals surface area contributed by atoms with E-state index in [0.717, 1.165) is 12.4 Å². The molecule has 0 amide bonds. The van der Waals surface area contributed by atoms with Crippen molar-refractivity contribution in [2.45, 2.75) is 27.7 Å². The summed E-state index contributed by atoms with van der Waals surface area (Å²) in [6.07, 6.45) is 1.75. The molecule has 1 rings (SSSR count). The van der Waals surface area contributed by atoms with Crippen LogP contribution in [0.25, 0.3) is 0 Å². The zero-order chi connectivity index (χ0) is 11.5. The van der Waals surface area contributed by atoms with Gasteiger partial charge in [0.1, 0.15) is 5.82 Å². The maximum Gasteiger partial charge on any atom is 0.144 e. The molecule has 1 aromatic heterocycles. The number of hydrogen-bond acceptors (Lipinski definition) is 2. The lowest BCUT2D eigenvalue weighted by atomic mass is 9.82. The Kier molecular flexibility index (Phi) is 3.97. The lowest BCUT2D eigenvalue weighted by Crippen LogP contribution is -2.25. The number of anilines is 1. The Labute approximate surface area is 97.1 Å². The molecule has 0 radical (unpaired) electrons. The number of rotatable bonds is 3. The van der Waals surface area contributed by atoms with E-state index in [4.69, 9.17) is 11.6 Å². The van der Waals surface area contributed by atoms with Crippen molar-refractivity contribution in [2.75, 3.05) is 11.9 Å². The number of halogens is 1. The highest BCUT2D eigenvalue weighted by Gasteiger charge is 2.19. The predicted molar refractivity (Wildman–Crippen MR) is 66.4 cm³/mol. The molecule has 0 saturated carbocycles. The molecule has 15 heavy (non-hydrogen) atoms. The van der Waals surface area contributed by atoms with Crippen LogP contribution in [0.1, 0.15) is 27.7 Å². The molecule has 0 fully saturated rings. The second kappa shape index (κ2) is 4.84. The van der Waals surface area contributed by atoms with Gasteiger partial charge in [-0.1, -0.05) is 39.3 Å². The van der Waals surface area contributed by atoms with Crippen molar-refractivity contribution in [1.29, 1.82) is 0 Å². The fraction of sp³-hybridized carbons (Fsp3) is 0.583. The van der Waals surface area contributed by atoms with Crippen molar-refractivity contribution in [3.05, 3.63) is 23.4 Å². The van der Waals surface area contributed by atoms with Crippen LogP contribution < -0.4 is 5.32 Å². The van der Waals surface area contributed by atoms with Crippen molar-refractivity contribution < 1.29 is 0 Å². The van der Waals surface area contributed by atoms with Crippen LogP contribution in [-0.4, -0.2) is 11.5 Å². The third kappa shape index (κ3) is 3.71. The van der Waals surface area contributed by atoms with Gasteiger partial charge in [-0.2, -0.15) is 0 Å². The van der Waals surface area contributed by atoms with E-state index in [1.165, 1.54) is 0 Å². The third-order valence-corrected chi connectivity index (χ3v) is 3.12. The highest BCUT2D eigenvalue weighted by Crippen LogP contribution is 2.26. The highest BCUT2D eigenvalue weighted by atomic mass is 35.5. The summed E-state index contributed by atoms with van der Waals surface area (Å²) in [5, 5.41) is 3.96. The van der Waals surface area contributed by atoms with E-state index in [9.17, 15) is 0 Å². The van der Waals surface area contributed by atoms with Gasteiger partial charge in [-0.25, -0.2) is 4.98 Å². The molecule has 0 bridgehead atoms. The Morgan fingerprint density at radius 1 is 1.47 bits per heavy atom. The summed E-state index contributed by atoms with van der Waals surface area (Å²) in [5.74, 6) is 1.34. The standard InChI is InChI=1S/C12H19ClN2/c1-9(12(2,3)4)8-15-11-10(13)6-5-7-14-11/h5-7,9H,8H2,1-4H3,(H,14,15). The van der Waals surface area contributed by atoms with Crippen molar-refractivity contribution in [3.63, 3.8) is 0 Å². The summed E-state index contributed by atoms with van der Waals surface area (Å²) in [6.45, 7) is 9.82. The average molecular weight is 227 g/mol. The largest absolute Gasteiger partial charge is 0.369 e. The number of pyridine rings is 1. The molecule has 1 unspecified atom stereocenters. The molecule has 1 N–H and O–H groups in total. The van der Waals surface area contributed by atoms with Gasteiger partial charge in [0.2, 0.25) is 0 Å². The van der Waals surface area contributed by atoms with Gasteiger partial charge in [-0.3, -0.25) is 0 Å². The van der Waals surface area contributed by atoms with Crippen LogP contribution in [-0.2, 0) is 0 Å². The Balaban J connectivity index is 2.55. The molecule has 0 spiro atoms. The Morgan fingerprint density at radius 2 is 2.13 bits per heavy atom. The van der Waals surface area contributed by atoms with Crippen LogP contribution in [0, 0.1) is 11.3 Å². The zero-order valence-corrected chi connectivity index (χ0v) is 10.6. The van der Waals surface area contributed by atoms with E-state index >= 15 is 0 Å². The molecule has 1 heterocycles. The van der Waals surface area contributed by atoms with E-state index in [0.29, 0.717) is 16.4 Å². The maximum absolute atomic E-state index is 6.00. The highest BCUT2D eigenvalue weighted by molar-refractivity contribution is 6.32. The summed E-state index contributed by atoms with van der Waals surface area (Å²) in [7, 11) is 0. The first-order chi connectivity index (χ1) is 6.91. The lowest BCUT2D eigenvalue weighted by Gasteiger charge is -2.27. The summed E-state index contributed by atoms with van der Waals surface area (Å²) < 4.78 is 0. The molecule has 1 atom stereocenters. The summed E-state index contributed by atoms with van der Waals surface area (Å²) in [5.41, 5.74) is 0.300. The summed E-state index contributed by atoms with van der Waals surface area (Å²) in [6, 6.07) is 3.68. The molecular formula is C12H19ClN2. The van der Waals surface area contributed by atoms with Crippen LogP contribution in [0.4, 0.5) is 5.82 Å². The molecule has 0 aliphatic rings. The van der Waals surface area contributed by atoms with Gasteiger partial charge in [0.25, 0.3) is 0 Å². The molecular weight excluding hydrogens is 208 g/mol. The molecule has 84 valence electrons. The smallest absolute Gasteiger partial charge is 0.144 e. The first-order valence-corrected chi connectivity index (χ1v) is 5.63. The number of nitrogens with zero attached hydrogens (tertiary/aromatic N) is 1. The van der Waals surface area contributed by atoms with Crippen LogP contribution in [0.3, 0.4) is 0 Å². The Hall–Kier alpha value is -0.760. The lowest BCUT2D eigenvalue weighted by molar-refractivity contribution is 0.274. The van der Waals surface area contributed by atoms with E-state index in [-0.39, 0.29) is 0 Å².